The van der Waals surface area contributed by atoms with Crippen molar-refractivity contribution in [3.8, 4) is 11.3 Å². The lowest BCUT2D eigenvalue weighted by Gasteiger charge is -2.45. The molecule has 3 saturated heterocycles. The van der Waals surface area contributed by atoms with Gasteiger partial charge in [-0.2, -0.15) is 0 Å². The molecule has 4 heterocycles. The first-order chi connectivity index (χ1) is 27.3. The van der Waals surface area contributed by atoms with Gasteiger partial charge in [0.25, 0.3) is 0 Å². The van der Waals surface area contributed by atoms with Crippen molar-refractivity contribution in [1.29, 1.82) is 0 Å². The molecule has 1 amide bonds. The smallest absolute Gasteiger partial charge is 0.410 e. The van der Waals surface area contributed by atoms with Crippen LogP contribution in [0.15, 0.2) is 30.5 Å². The van der Waals surface area contributed by atoms with E-state index in [1.807, 2.05) is 77.2 Å². The number of nitrogen functional groups attached to an aromatic ring is 1. The third kappa shape index (κ3) is 10.0. The minimum Gasteiger partial charge on any atom is -0.458 e. The topological polar surface area (TPSA) is 204 Å². The number of carbonyl (C=O) groups excluding carboxylic acids is 3. The second-order valence-corrected chi connectivity index (χ2v) is 17.6. The number of carbonyl (C=O) groups is 3. The van der Waals surface area contributed by atoms with Crippen LogP contribution in [0.2, 0.25) is 0 Å². The van der Waals surface area contributed by atoms with Gasteiger partial charge in [-0.05, 0) is 105 Å². The normalized spacial score (nSPS) is 36.9. The number of unbranched alkanes of at least 4 members (excludes halogenated alkanes) is 1. The molecule has 5 rings (SSSR count). The average molecular weight is 814 g/mol. The Morgan fingerprint density at radius 3 is 2.47 bits per heavy atom. The number of nitrogens with two attached hydrogens (primary N) is 1. The SMILES string of the molecule is CC[C@H]1OC(=O)[C@H](C)C(=O)[C@H](C)[C@@H](O[C@@H]2O[C@H](C)CC(N(C)C)C2O)[C@@](C)(O)C[C@@H](C)CN[C@H](C)[C@H]2N(CCCCn3cc(-c4cccc(N)c4)nn3)C(=O)O[C@]12C. The van der Waals surface area contributed by atoms with Gasteiger partial charge >= 0.3 is 12.1 Å². The Morgan fingerprint density at radius 2 is 1.79 bits per heavy atom. The van der Waals surface area contributed by atoms with E-state index in [-0.39, 0.29) is 30.5 Å². The highest BCUT2D eigenvalue weighted by Gasteiger charge is 2.58. The van der Waals surface area contributed by atoms with Gasteiger partial charge in [-0.1, -0.05) is 38.1 Å². The Labute approximate surface area is 343 Å². The highest BCUT2D eigenvalue weighted by molar-refractivity contribution is 6.00. The van der Waals surface area contributed by atoms with Crippen LogP contribution in [0.4, 0.5) is 10.5 Å². The first kappa shape index (κ1) is 45.4. The van der Waals surface area contributed by atoms with E-state index in [9.17, 15) is 24.6 Å². The summed E-state index contributed by atoms with van der Waals surface area (Å²) in [6.07, 6.45) is -0.609. The fourth-order valence-corrected chi connectivity index (χ4v) is 9.28. The molecule has 58 heavy (non-hydrogen) atoms. The number of nitrogens with zero attached hydrogens (tertiary/aromatic N) is 5. The van der Waals surface area contributed by atoms with Crippen LogP contribution < -0.4 is 11.1 Å². The summed E-state index contributed by atoms with van der Waals surface area (Å²) in [5.41, 5.74) is 5.35. The predicted octanol–water partition coefficient (Wildman–Crippen LogP) is 3.63. The van der Waals surface area contributed by atoms with Gasteiger partial charge in [-0.3, -0.25) is 19.2 Å². The fourth-order valence-electron chi connectivity index (χ4n) is 9.28. The summed E-state index contributed by atoms with van der Waals surface area (Å²) in [4.78, 5) is 45.5. The van der Waals surface area contributed by atoms with Gasteiger partial charge in [0.1, 0.15) is 23.8 Å². The molecule has 3 fully saturated rings. The maximum Gasteiger partial charge on any atom is 0.410 e. The minimum absolute atomic E-state index is 0.142. The molecule has 16 heteroatoms. The number of Topliss-reactive ketones (excluding diaryl/α,β-unsaturated/α-hetero) is 1. The molecule has 13 atom stereocenters. The molecule has 1 aromatic carbocycles. The van der Waals surface area contributed by atoms with Crippen LogP contribution in [0.5, 0.6) is 0 Å². The van der Waals surface area contributed by atoms with Crippen LogP contribution in [-0.2, 0) is 35.1 Å². The summed E-state index contributed by atoms with van der Waals surface area (Å²) in [6.45, 7) is 15.7. The van der Waals surface area contributed by atoms with E-state index in [2.05, 4.69) is 15.6 Å². The first-order valence-electron chi connectivity index (χ1n) is 20.9. The van der Waals surface area contributed by atoms with Gasteiger partial charge < -0.3 is 45.1 Å². The van der Waals surface area contributed by atoms with Crippen molar-refractivity contribution in [2.45, 2.75) is 154 Å². The molecule has 0 spiro atoms. The largest absolute Gasteiger partial charge is 0.458 e. The van der Waals surface area contributed by atoms with Crippen LogP contribution in [-0.4, -0.2) is 140 Å². The molecule has 1 aromatic heterocycles. The van der Waals surface area contributed by atoms with Crippen molar-refractivity contribution in [3.05, 3.63) is 30.5 Å². The highest BCUT2D eigenvalue weighted by Crippen LogP contribution is 2.39. The molecule has 0 bridgehead atoms. The molecule has 0 radical (unpaired) electrons. The van der Waals surface area contributed by atoms with Crippen molar-refractivity contribution in [1.82, 2.24) is 30.1 Å². The van der Waals surface area contributed by atoms with Gasteiger partial charge in [0.2, 0.25) is 0 Å². The summed E-state index contributed by atoms with van der Waals surface area (Å²) in [5.74, 6) is -3.61. The number of fused-ring (bicyclic) bond motifs is 1. The maximum atomic E-state index is 14.2. The molecule has 3 aliphatic rings. The average Bonchev–Trinajstić information content (AvgIpc) is 3.74. The number of rotatable bonds is 10. The number of aliphatic hydroxyl groups excluding tert-OH is 1. The molecule has 324 valence electrons. The Kier molecular flexibility index (Phi) is 14.7. The van der Waals surface area contributed by atoms with Crippen molar-refractivity contribution < 1.29 is 43.5 Å². The molecule has 3 aliphatic heterocycles. The van der Waals surface area contributed by atoms with Crippen molar-refractivity contribution in [2.24, 2.45) is 17.8 Å². The quantitative estimate of drug-likeness (QED) is 0.117. The lowest BCUT2D eigenvalue weighted by atomic mass is 9.78. The number of cyclic esters (lactones) is 1. The number of likely N-dealkylation sites (N-methyl/N-ethyl adjacent to an activating group) is 1. The van der Waals surface area contributed by atoms with E-state index >= 15 is 0 Å². The van der Waals surface area contributed by atoms with Crippen molar-refractivity contribution >= 4 is 23.5 Å². The highest BCUT2D eigenvalue weighted by atomic mass is 16.7. The van der Waals surface area contributed by atoms with Crippen molar-refractivity contribution in [2.75, 3.05) is 32.9 Å². The molecule has 16 nitrogen and oxygen atoms in total. The molecule has 5 N–H and O–H groups in total. The van der Waals surface area contributed by atoms with E-state index in [4.69, 9.17) is 24.7 Å². The molecule has 0 aliphatic carbocycles. The fraction of sp³-hybridized carbons (Fsp3) is 0.738. The first-order valence-corrected chi connectivity index (χ1v) is 20.9. The number of hydrogen-bond donors (Lipinski definition) is 4. The number of ketones is 1. The lowest BCUT2D eigenvalue weighted by Crippen LogP contribution is -2.61. The zero-order valence-electron chi connectivity index (χ0n) is 36.0. The molecular formula is C42H67N7O9. The molecule has 2 unspecified atom stereocenters. The third-order valence-electron chi connectivity index (χ3n) is 12.4. The minimum atomic E-state index is -1.58. The number of anilines is 1. The summed E-state index contributed by atoms with van der Waals surface area (Å²) < 4.78 is 26.6. The van der Waals surface area contributed by atoms with E-state index in [0.29, 0.717) is 51.0 Å². The molecule has 2 aromatic rings. The standard InChI is InChI=1S/C42H67N7O9/c1-11-33-42(8)36(49(40(53)58-42)18-13-12-17-48-23-31(45-46-48)29-15-14-16-30(43)20-29)28(6)44-22-24(2)21-41(7,54)37(26(4)34(50)27(5)38(52)56-33)57-39-35(51)32(47(9)10)19-25(3)55-39/h14-16,20,23-28,32-33,35-37,39,44,51,54H,11-13,17-19,21-22,43H2,1-10H3/t24-,25-,26+,27-,28-,32?,33-,35?,36-,37-,39+,41+,42-/m1/s1. The number of aryl methyl sites for hydroxylation is 1. The second-order valence-electron chi connectivity index (χ2n) is 17.6. The number of ether oxygens (including phenoxy) is 4. The van der Waals surface area contributed by atoms with Crippen LogP contribution in [0, 0.1) is 17.8 Å². The maximum absolute atomic E-state index is 14.2. The number of esters is 1. The summed E-state index contributed by atoms with van der Waals surface area (Å²) in [7, 11) is 3.74. The van der Waals surface area contributed by atoms with E-state index in [1.54, 1.807) is 30.4 Å². The number of nitrogens with one attached hydrogen (secondary N) is 1. The van der Waals surface area contributed by atoms with Crippen LogP contribution in [0.3, 0.4) is 0 Å². The van der Waals surface area contributed by atoms with Crippen LogP contribution in [0.1, 0.15) is 87.5 Å². The third-order valence-corrected chi connectivity index (χ3v) is 12.4. The second kappa shape index (κ2) is 18.7. The van der Waals surface area contributed by atoms with Gasteiger partial charge in [0.05, 0.1) is 30.0 Å². The monoisotopic (exact) mass is 814 g/mol. The number of benzene rings is 1. The lowest BCUT2D eigenvalue weighted by molar-refractivity contribution is -0.293. The van der Waals surface area contributed by atoms with Gasteiger partial charge in [-0.15, -0.1) is 5.10 Å². The van der Waals surface area contributed by atoms with Gasteiger partial charge in [-0.25, -0.2) is 4.79 Å². The zero-order valence-corrected chi connectivity index (χ0v) is 36.0. The Morgan fingerprint density at radius 1 is 1.09 bits per heavy atom. The van der Waals surface area contributed by atoms with E-state index in [1.165, 1.54) is 6.92 Å². The number of amides is 1. The van der Waals surface area contributed by atoms with E-state index in [0.717, 1.165) is 11.3 Å². The van der Waals surface area contributed by atoms with Crippen LogP contribution >= 0.6 is 0 Å². The molecular weight excluding hydrogens is 747 g/mol. The van der Waals surface area contributed by atoms with Gasteiger partial charge in [0, 0.05) is 42.3 Å². The number of hydrogen-bond acceptors (Lipinski definition) is 14. The van der Waals surface area contributed by atoms with Crippen LogP contribution in [0.25, 0.3) is 11.3 Å². The van der Waals surface area contributed by atoms with E-state index < -0.39 is 71.5 Å². The zero-order chi connectivity index (χ0) is 42.7. The number of aliphatic hydroxyl groups is 2. The summed E-state index contributed by atoms with van der Waals surface area (Å²) >= 11 is 0. The summed E-state index contributed by atoms with van der Waals surface area (Å²) in [6, 6.07) is 6.31. The number of aromatic nitrogens is 3. The summed E-state index contributed by atoms with van der Waals surface area (Å²) in [5, 5.41) is 35.7. The van der Waals surface area contributed by atoms with Crippen molar-refractivity contribution in [3.63, 3.8) is 0 Å². The molecule has 0 saturated carbocycles. The Hall–Kier alpha value is -3.67. The Bertz CT molecular complexity index is 1720. The van der Waals surface area contributed by atoms with Gasteiger partial charge in [0.15, 0.2) is 17.7 Å². The predicted molar refractivity (Wildman–Crippen MR) is 217 cm³/mol. The Balaban J connectivity index is 1.36.